The normalized spacial score (nSPS) is 13.2. The smallest absolute Gasteiger partial charge is 0.419 e. The van der Waals surface area contributed by atoms with Crippen LogP contribution in [0, 0.1) is 0 Å². The van der Waals surface area contributed by atoms with Gasteiger partial charge in [0.1, 0.15) is 17.7 Å². The van der Waals surface area contributed by atoms with E-state index in [0.29, 0.717) is 0 Å². The maximum absolute atomic E-state index is 12.7. The number of aromatic nitrogens is 4. The number of rotatable bonds is 5. The van der Waals surface area contributed by atoms with Crippen molar-refractivity contribution < 1.29 is 22.3 Å². The van der Waals surface area contributed by atoms with Gasteiger partial charge in [-0.05, 0) is 0 Å². The zero-order valence-corrected chi connectivity index (χ0v) is 11.1. The molecular formula is C11H9ClF4N4O. The molecule has 114 valence electrons. The Balaban J connectivity index is 2.03. The zero-order chi connectivity index (χ0) is 15.5. The van der Waals surface area contributed by atoms with Gasteiger partial charge in [-0.2, -0.15) is 13.2 Å². The summed E-state index contributed by atoms with van der Waals surface area (Å²) in [7, 11) is 0. The molecule has 10 heteroatoms. The summed E-state index contributed by atoms with van der Waals surface area (Å²) in [5.74, 6) is 0.136. The number of hydrogen-bond donors (Lipinski definition) is 0. The third-order valence-electron chi connectivity index (χ3n) is 2.45. The van der Waals surface area contributed by atoms with E-state index in [4.69, 9.17) is 16.3 Å². The van der Waals surface area contributed by atoms with Crippen LogP contribution in [0.25, 0.3) is 5.82 Å². The number of halogens is 5. The molecule has 2 rings (SSSR count). The molecule has 0 amide bonds. The van der Waals surface area contributed by atoms with E-state index in [1.807, 2.05) is 0 Å². The van der Waals surface area contributed by atoms with Crippen LogP contribution in [0.2, 0.25) is 5.02 Å². The predicted octanol–water partition coefficient (Wildman–Crippen LogP) is 2.99. The van der Waals surface area contributed by atoms with E-state index in [1.165, 1.54) is 17.1 Å². The van der Waals surface area contributed by atoms with Crippen LogP contribution >= 0.6 is 11.6 Å². The fourth-order valence-corrected chi connectivity index (χ4v) is 1.68. The number of nitrogens with zero attached hydrogens (tertiary/aromatic N) is 4. The lowest BCUT2D eigenvalue weighted by atomic mass is 10.3. The molecule has 0 N–H and O–H groups in total. The minimum absolute atomic E-state index is 0.00193. The van der Waals surface area contributed by atoms with Gasteiger partial charge in [-0.3, -0.25) is 4.57 Å². The minimum atomic E-state index is -4.90. The molecule has 0 aliphatic carbocycles. The SMILES string of the molecule is FC(CCOc1ncnc(-n2ccnc2)c1Cl)C(F)(F)F. The highest BCUT2D eigenvalue weighted by Crippen LogP contribution is 2.28. The highest BCUT2D eigenvalue weighted by atomic mass is 35.5. The van der Waals surface area contributed by atoms with Crippen LogP contribution in [0.4, 0.5) is 17.6 Å². The third kappa shape index (κ3) is 3.81. The Morgan fingerprint density at radius 3 is 2.71 bits per heavy atom. The molecule has 0 aliphatic rings. The molecule has 1 unspecified atom stereocenters. The summed E-state index contributed by atoms with van der Waals surface area (Å²) < 4.78 is 55.2. The Labute approximate surface area is 121 Å². The summed E-state index contributed by atoms with van der Waals surface area (Å²) in [6.45, 7) is -0.513. The highest BCUT2D eigenvalue weighted by Gasteiger charge is 2.39. The molecule has 0 spiro atoms. The van der Waals surface area contributed by atoms with E-state index >= 15 is 0 Å². The average molecular weight is 325 g/mol. The van der Waals surface area contributed by atoms with Gasteiger partial charge >= 0.3 is 6.18 Å². The molecule has 2 aromatic heterocycles. The predicted molar refractivity (Wildman–Crippen MR) is 65.2 cm³/mol. The van der Waals surface area contributed by atoms with Crippen molar-refractivity contribution in [2.45, 2.75) is 18.8 Å². The van der Waals surface area contributed by atoms with E-state index in [9.17, 15) is 17.6 Å². The second kappa shape index (κ2) is 6.25. The van der Waals surface area contributed by atoms with Crippen molar-refractivity contribution in [2.24, 2.45) is 0 Å². The summed E-state index contributed by atoms with van der Waals surface area (Å²) in [6.07, 6.45) is -3.07. The van der Waals surface area contributed by atoms with Crippen LogP contribution in [0.3, 0.4) is 0 Å². The largest absolute Gasteiger partial charge is 0.476 e. The van der Waals surface area contributed by atoms with Crippen molar-refractivity contribution in [3.05, 3.63) is 30.1 Å². The van der Waals surface area contributed by atoms with Crippen LogP contribution in [0.5, 0.6) is 5.88 Å². The summed E-state index contributed by atoms with van der Waals surface area (Å²) in [5, 5.41) is -0.00193. The highest BCUT2D eigenvalue weighted by molar-refractivity contribution is 6.33. The maximum Gasteiger partial charge on any atom is 0.419 e. The number of hydrogen-bond acceptors (Lipinski definition) is 4. The van der Waals surface area contributed by atoms with Crippen molar-refractivity contribution in [1.29, 1.82) is 0 Å². The molecule has 5 nitrogen and oxygen atoms in total. The third-order valence-corrected chi connectivity index (χ3v) is 2.78. The molecule has 1 atom stereocenters. The molecule has 2 aromatic rings. The van der Waals surface area contributed by atoms with Crippen LogP contribution in [-0.2, 0) is 0 Å². The maximum atomic E-state index is 12.7. The van der Waals surface area contributed by atoms with Crippen LogP contribution in [0.15, 0.2) is 25.0 Å². The van der Waals surface area contributed by atoms with Gasteiger partial charge < -0.3 is 4.74 Å². The molecule has 2 heterocycles. The Kier molecular flexibility index (Phi) is 4.61. The summed E-state index contributed by atoms with van der Waals surface area (Å²) in [6, 6.07) is 0. The van der Waals surface area contributed by atoms with Crippen molar-refractivity contribution in [3.63, 3.8) is 0 Å². The van der Waals surface area contributed by atoms with Gasteiger partial charge in [-0.25, -0.2) is 19.3 Å². The lowest BCUT2D eigenvalue weighted by Crippen LogP contribution is -2.26. The van der Waals surface area contributed by atoms with Crippen LogP contribution < -0.4 is 4.74 Å². The van der Waals surface area contributed by atoms with Crippen molar-refractivity contribution in [3.8, 4) is 11.7 Å². The van der Waals surface area contributed by atoms with Crippen LogP contribution in [-0.4, -0.2) is 38.5 Å². The molecule has 0 aliphatic heterocycles. The average Bonchev–Trinajstić information content (AvgIpc) is 2.93. The molecule has 0 radical (unpaired) electrons. The van der Waals surface area contributed by atoms with E-state index in [0.717, 1.165) is 6.33 Å². The van der Waals surface area contributed by atoms with Gasteiger partial charge in [0.25, 0.3) is 0 Å². The number of imidazole rings is 1. The zero-order valence-electron chi connectivity index (χ0n) is 10.4. The second-order valence-corrected chi connectivity index (χ2v) is 4.31. The van der Waals surface area contributed by atoms with E-state index in [1.54, 1.807) is 6.20 Å². The summed E-state index contributed by atoms with van der Waals surface area (Å²) in [4.78, 5) is 11.4. The van der Waals surface area contributed by atoms with E-state index < -0.39 is 25.4 Å². The minimum Gasteiger partial charge on any atom is -0.476 e. The first-order valence-electron chi connectivity index (χ1n) is 5.72. The van der Waals surface area contributed by atoms with Crippen molar-refractivity contribution >= 4 is 11.6 Å². The number of alkyl halides is 4. The Bertz CT molecular complexity index is 590. The topological polar surface area (TPSA) is 52.8 Å². The molecule has 0 bridgehead atoms. The first-order valence-corrected chi connectivity index (χ1v) is 6.10. The van der Waals surface area contributed by atoms with Gasteiger partial charge in [-0.1, -0.05) is 11.6 Å². The lowest BCUT2D eigenvalue weighted by Gasteiger charge is -2.13. The van der Waals surface area contributed by atoms with Crippen molar-refractivity contribution in [1.82, 2.24) is 19.5 Å². The quantitative estimate of drug-likeness (QED) is 0.793. The van der Waals surface area contributed by atoms with Gasteiger partial charge in [-0.15, -0.1) is 0 Å². The standard InChI is InChI=1S/C11H9ClF4N4O/c12-8-9(20-3-2-17-6-20)18-5-19-10(8)21-4-1-7(13)11(14,15)16/h2-3,5-7H,1,4H2. The second-order valence-electron chi connectivity index (χ2n) is 3.93. The molecular weight excluding hydrogens is 316 g/mol. The fraction of sp³-hybridized carbons (Fsp3) is 0.364. The van der Waals surface area contributed by atoms with Gasteiger partial charge in [0.15, 0.2) is 12.0 Å². The Morgan fingerprint density at radius 1 is 1.33 bits per heavy atom. The van der Waals surface area contributed by atoms with E-state index in [2.05, 4.69) is 15.0 Å². The molecule has 0 aromatic carbocycles. The van der Waals surface area contributed by atoms with Gasteiger partial charge in [0.2, 0.25) is 5.88 Å². The molecule has 0 fully saturated rings. The molecule has 0 saturated carbocycles. The van der Waals surface area contributed by atoms with Gasteiger partial charge in [0, 0.05) is 18.8 Å². The van der Waals surface area contributed by atoms with Gasteiger partial charge in [0.05, 0.1) is 6.61 Å². The van der Waals surface area contributed by atoms with Crippen molar-refractivity contribution in [2.75, 3.05) is 6.61 Å². The van der Waals surface area contributed by atoms with E-state index in [-0.39, 0.29) is 16.7 Å². The summed E-state index contributed by atoms with van der Waals surface area (Å²) >= 11 is 5.99. The van der Waals surface area contributed by atoms with Crippen LogP contribution in [0.1, 0.15) is 6.42 Å². The Hall–Kier alpha value is -1.90. The molecule has 21 heavy (non-hydrogen) atoms. The molecule has 0 saturated heterocycles. The Morgan fingerprint density at radius 2 is 2.10 bits per heavy atom. The fourth-order valence-electron chi connectivity index (χ4n) is 1.43. The summed E-state index contributed by atoms with van der Waals surface area (Å²) in [5.41, 5.74) is 0. The monoisotopic (exact) mass is 324 g/mol. The first kappa shape index (κ1) is 15.5. The lowest BCUT2D eigenvalue weighted by molar-refractivity contribution is -0.183. The number of ether oxygens (including phenoxy) is 1. The first-order chi connectivity index (χ1) is 9.89.